The van der Waals surface area contributed by atoms with E-state index in [0.717, 1.165) is 29.8 Å². The SMILES string of the molecule is CC(C)(C)OC(=O)NCc1ccc(CNC(=O)c2cc([N+](=O)[O-])c3cc(C(=O)NCc4ccc(C(=O)O)cc4)cc([N+](=O)[O-])c3c2)cc1. The van der Waals surface area contributed by atoms with Crippen LogP contribution >= 0.6 is 0 Å². The molecule has 0 saturated carbocycles. The number of fused-ring (bicyclic) bond motifs is 1. The van der Waals surface area contributed by atoms with Crippen LogP contribution in [0, 0.1) is 20.2 Å². The standard InChI is InChI=1S/C33H31N5O10/c1-33(2,3)48-32(43)36-18-20-6-4-19(5-7-20)16-34-29(39)23-12-25-26(27(14-23)37(44)45)13-24(15-28(25)38(46)47)30(40)35-17-21-8-10-22(11-9-21)31(41)42/h4-15H,16-18H2,1-3H3,(H,34,39)(H,35,40)(H,36,43)(H,41,42). The van der Waals surface area contributed by atoms with Crippen molar-refractivity contribution < 1.29 is 38.9 Å². The molecule has 0 spiro atoms. The third-order valence-electron chi connectivity index (χ3n) is 6.91. The highest BCUT2D eigenvalue weighted by atomic mass is 16.6. The van der Waals surface area contributed by atoms with Crippen molar-refractivity contribution in [2.75, 3.05) is 0 Å². The fourth-order valence-corrected chi connectivity index (χ4v) is 4.59. The number of carboxylic acids is 1. The van der Waals surface area contributed by atoms with E-state index in [0.29, 0.717) is 11.1 Å². The number of nitro groups is 2. The van der Waals surface area contributed by atoms with Crippen molar-refractivity contribution in [2.45, 2.75) is 46.0 Å². The fraction of sp³-hybridized carbons (Fsp3) is 0.212. The zero-order valence-corrected chi connectivity index (χ0v) is 26.1. The maximum absolute atomic E-state index is 13.1. The summed E-state index contributed by atoms with van der Waals surface area (Å²) in [7, 11) is 0. The van der Waals surface area contributed by atoms with Crippen LogP contribution in [0.15, 0.2) is 72.8 Å². The molecule has 0 aromatic heterocycles. The van der Waals surface area contributed by atoms with Crippen molar-refractivity contribution in [3.63, 3.8) is 0 Å². The zero-order chi connectivity index (χ0) is 35.2. The molecule has 0 atom stereocenters. The summed E-state index contributed by atoms with van der Waals surface area (Å²) >= 11 is 0. The summed E-state index contributed by atoms with van der Waals surface area (Å²) in [6.45, 7) is 5.46. The Morgan fingerprint density at radius 1 is 0.646 bits per heavy atom. The second kappa shape index (κ2) is 14.4. The molecule has 0 aliphatic rings. The van der Waals surface area contributed by atoms with Crippen LogP contribution in [0.3, 0.4) is 0 Å². The lowest BCUT2D eigenvalue weighted by Gasteiger charge is -2.19. The molecule has 0 radical (unpaired) electrons. The molecule has 0 aliphatic carbocycles. The van der Waals surface area contributed by atoms with Gasteiger partial charge in [0.25, 0.3) is 23.2 Å². The van der Waals surface area contributed by atoms with E-state index in [9.17, 15) is 39.4 Å². The predicted octanol–water partition coefficient (Wildman–Crippen LogP) is 5.24. The Labute approximate surface area is 273 Å². The first-order valence-electron chi connectivity index (χ1n) is 14.4. The monoisotopic (exact) mass is 657 g/mol. The van der Waals surface area contributed by atoms with Gasteiger partial charge in [-0.2, -0.15) is 0 Å². The van der Waals surface area contributed by atoms with E-state index in [-0.39, 0.29) is 47.1 Å². The highest BCUT2D eigenvalue weighted by molar-refractivity contribution is 6.08. The highest BCUT2D eigenvalue weighted by Gasteiger charge is 2.26. The average Bonchev–Trinajstić information content (AvgIpc) is 3.03. The molecule has 3 amide bonds. The maximum Gasteiger partial charge on any atom is 0.407 e. The molecule has 4 aromatic carbocycles. The number of hydrogen-bond donors (Lipinski definition) is 4. The van der Waals surface area contributed by atoms with Gasteiger partial charge in [-0.05, 0) is 61.7 Å². The largest absolute Gasteiger partial charge is 0.478 e. The number of benzene rings is 4. The molecule has 0 bridgehead atoms. The molecule has 0 heterocycles. The van der Waals surface area contributed by atoms with Gasteiger partial charge in [0.15, 0.2) is 0 Å². The fourth-order valence-electron chi connectivity index (χ4n) is 4.59. The van der Waals surface area contributed by atoms with Crippen LogP contribution in [0.25, 0.3) is 10.8 Å². The number of carbonyl (C=O) groups is 4. The van der Waals surface area contributed by atoms with E-state index in [1.54, 1.807) is 45.0 Å². The van der Waals surface area contributed by atoms with E-state index in [4.69, 9.17) is 9.84 Å². The number of carboxylic acid groups (broad SMARTS) is 1. The lowest BCUT2D eigenvalue weighted by molar-refractivity contribution is -0.384. The Hall–Kier alpha value is -6.38. The van der Waals surface area contributed by atoms with E-state index >= 15 is 0 Å². The molecule has 248 valence electrons. The molecule has 4 rings (SSSR count). The van der Waals surface area contributed by atoms with Crippen LogP contribution in [0.4, 0.5) is 16.2 Å². The minimum atomic E-state index is -1.12. The number of hydrogen-bond acceptors (Lipinski definition) is 9. The molecule has 15 heteroatoms. The first-order chi connectivity index (χ1) is 22.6. The van der Waals surface area contributed by atoms with Gasteiger partial charge in [-0.3, -0.25) is 29.8 Å². The van der Waals surface area contributed by atoms with Gasteiger partial charge in [-0.25, -0.2) is 9.59 Å². The number of ether oxygens (including phenoxy) is 1. The van der Waals surface area contributed by atoms with Gasteiger partial charge in [0.05, 0.1) is 26.2 Å². The number of nitrogens with zero attached hydrogens (tertiary/aromatic N) is 2. The quantitative estimate of drug-likeness (QED) is 0.121. The highest BCUT2D eigenvalue weighted by Crippen LogP contribution is 2.35. The predicted molar refractivity (Wildman–Crippen MR) is 173 cm³/mol. The van der Waals surface area contributed by atoms with E-state index in [2.05, 4.69) is 16.0 Å². The van der Waals surface area contributed by atoms with Crippen molar-refractivity contribution in [3.8, 4) is 0 Å². The van der Waals surface area contributed by atoms with Gasteiger partial charge in [-0.15, -0.1) is 0 Å². The smallest absolute Gasteiger partial charge is 0.407 e. The lowest BCUT2D eigenvalue weighted by Crippen LogP contribution is -2.32. The molecular weight excluding hydrogens is 626 g/mol. The molecule has 4 N–H and O–H groups in total. The number of alkyl carbamates (subject to hydrolysis) is 1. The zero-order valence-electron chi connectivity index (χ0n) is 26.1. The summed E-state index contributed by atoms with van der Waals surface area (Å²) in [6.07, 6.45) is -0.565. The molecule has 0 saturated heterocycles. The Morgan fingerprint density at radius 2 is 1.02 bits per heavy atom. The molecule has 4 aromatic rings. The van der Waals surface area contributed by atoms with Gasteiger partial charge in [0.1, 0.15) is 5.60 Å². The molecule has 0 aliphatic heterocycles. The third kappa shape index (κ3) is 8.87. The Bertz CT molecular complexity index is 1920. The number of carbonyl (C=O) groups excluding carboxylic acids is 3. The normalized spacial score (nSPS) is 11.0. The van der Waals surface area contributed by atoms with Crippen LogP contribution in [0.1, 0.15) is 68.5 Å². The second-order valence-corrected chi connectivity index (χ2v) is 11.6. The first-order valence-corrected chi connectivity index (χ1v) is 14.4. The summed E-state index contributed by atoms with van der Waals surface area (Å²) in [4.78, 5) is 71.4. The average molecular weight is 658 g/mol. The summed E-state index contributed by atoms with van der Waals surface area (Å²) in [5, 5.41) is 40.5. The summed E-state index contributed by atoms with van der Waals surface area (Å²) < 4.78 is 5.20. The second-order valence-electron chi connectivity index (χ2n) is 11.6. The lowest BCUT2D eigenvalue weighted by atomic mass is 9.99. The van der Waals surface area contributed by atoms with Crippen molar-refractivity contribution in [1.82, 2.24) is 16.0 Å². The molecule has 48 heavy (non-hydrogen) atoms. The van der Waals surface area contributed by atoms with E-state index in [1.165, 1.54) is 24.3 Å². The van der Waals surface area contributed by atoms with Crippen LogP contribution < -0.4 is 16.0 Å². The van der Waals surface area contributed by atoms with Gasteiger partial charge < -0.3 is 25.8 Å². The van der Waals surface area contributed by atoms with Crippen LogP contribution in [0.5, 0.6) is 0 Å². The minimum Gasteiger partial charge on any atom is -0.478 e. The van der Waals surface area contributed by atoms with Gasteiger partial charge in [0, 0.05) is 42.9 Å². The van der Waals surface area contributed by atoms with Crippen LogP contribution in [-0.2, 0) is 24.4 Å². The summed E-state index contributed by atoms with van der Waals surface area (Å²) in [5.74, 6) is -2.60. The topological polar surface area (TPSA) is 220 Å². The Kier molecular flexibility index (Phi) is 10.3. The molecule has 15 nitrogen and oxygen atoms in total. The number of nitro benzene ring substituents is 2. The van der Waals surface area contributed by atoms with Crippen molar-refractivity contribution in [2.24, 2.45) is 0 Å². The van der Waals surface area contributed by atoms with E-state index < -0.39 is 50.7 Å². The number of nitrogens with one attached hydrogen (secondary N) is 3. The first kappa shape index (κ1) is 34.5. The Morgan fingerprint density at radius 3 is 1.38 bits per heavy atom. The Balaban J connectivity index is 1.50. The van der Waals surface area contributed by atoms with E-state index in [1.807, 2.05) is 0 Å². The van der Waals surface area contributed by atoms with Crippen molar-refractivity contribution in [3.05, 3.63) is 126 Å². The van der Waals surface area contributed by atoms with Crippen molar-refractivity contribution >= 4 is 46.0 Å². The van der Waals surface area contributed by atoms with Gasteiger partial charge >= 0.3 is 12.1 Å². The molecule has 0 unspecified atom stereocenters. The van der Waals surface area contributed by atoms with Gasteiger partial charge in [0.2, 0.25) is 0 Å². The maximum atomic E-state index is 13.1. The molecule has 0 fully saturated rings. The minimum absolute atomic E-state index is 0.0324. The van der Waals surface area contributed by atoms with Crippen LogP contribution in [0.2, 0.25) is 0 Å². The number of amides is 3. The number of aromatic carboxylic acids is 1. The molecular formula is C33H31N5O10. The third-order valence-corrected chi connectivity index (χ3v) is 6.91. The summed E-state index contributed by atoms with van der Waals surface area (Å²) in [5.41, 5.74) is -0.219. The van der Waals surface area contributed by atoms with Gasteiger partial charge in [-0.1, -0.05) is 36.4 Å². The number of rotatable bonds is 11. The van der Waals surface area contributed by atoms with Crippen molar-refractivity contribution in [1.29, 1.82) is 0 Å². The number of non-ortho nitro benzene ring substituents is 2. The summed E-state index contributed by atoms with van der Waals surface area (Å²) in [6, 6.07) is 16.9. The van der Waals surface area contributed by atoms with Crippen LogP contribution in [-0.4, -0.2) is 44.4 Å².